The molecule has 4 saturated carbocycles. The Labute approximate surface area is 833 Å². The molecule has 8 aliphatic carbocycles. The molecule has 18 rings (SSSR count). The Kier molecular flexibility index (Phi) is 35.8. The average molecular weight is 1970 g/mol. The van der Waals surface area contributed by atoms with Crippen LogP contribution in [-0.4, -0.2) is 213 Å². The number of nitrogen functional groups attached to an aromatic ring is 1. The van der Waals surface area contributed by atoms with E-state index in [9.17, 15) is 62.3 Å². The number of ketones is 3. The van der Waals surface area contributed by atoms with Crippen molar-refractivity contribution in [1.82, 2.24) is 82.0 Å². The van der Waals surface area contributed by atoms with Gasteiger partial charge in [0.25, 0.3) is 47.3 Å². The third kappa shape index (κ3) is 27.6. The number of benzene rings is 5. The van der Waals surface area contributed by atoms with Crippen molar-refractivity contribution in [2.75, 3.05) is 61.3 Å². The summed E-state index contributed by atoms with van der Waals surface area (Å²) >= 11 is 5.43. The maximum absolute atomic E-state index is 13.9. The first-order valence-electron chi connectivity index (χ1n) is 49.3. The lowest BCUT2D eigenvalue weighted by Gasteiger charge is -2.36. The molecule has 4 aromatic heterocycles. The molecule has 0 radical (unpaired) electrons. The SMILES string of the molecule is NC1(C(=O)Nc2nccnc2C(=O)NC2Cc3ccccc3C2)CCCCC1.Nc1nccnc1C(=O)NC1Cc2ccccc2C1.O=C(CCCOCCOCCNC(=O)COc1cccc2c1C(=O)N(C1CCC(=O)CC1=O)C2=O)CCCC(=O)NC1(C(=O)Nc2nccnc2C(=O)NC2Cc3ccccc3C2)CCCCC1.O=C(NC1Cc2ccccc2C1)c1nccnc1NC(=S)NC1CCCCC1. The molecule has 0 bridgehead atoms. The van der Waals surface area contributed by atoms with Gasteiger partial charge in [-0.25, -0.2) is 39.9 Å². The highest BCUT2D eigenvalue weighted by atomic mass is 32.1. The lowest BCUT2D eigenvalue weighted by atomic mass is 9.80. The highest BCUT2D eigenvalue weighted by Crippen LogP contribution is 2.37. The largest absolute Gasteiger partial charge is 0.483 e. The summed E-state index contributed by atoms with van der Waals surface area (Å²) in [5.41, 5.74) is 20.5. The molecule has 14 N–H and O–H groups in total. The van der Waals surface area contributed by atoms with Crippen LogP contribution in [0.2, 0.25) is 0 Å². The molecule has 9 aromatic rings. The number of hydrogen-bond acceptors (Lipinski definition) is 27. The normalized spacial score (nSPS) is 17.2. The average Bonchev–Trinajstić information content (AvgIpc) is 1.60. The Morgan fingerprint density at radius 1 is 0.420 bits per heavy atom. The predicted molar refractivity (Wildman–Crippen MR) is 533 cm³/mol. The second-order valence-electron chi connectivity index (χ2n) is 37.4. The first-order valence-corrected chi connectivity index (χ1v) is 49.7. The van der Waals surface area contributed by atoms with Crippen molar-refractivity contribution in [2.24, 2.45) is 5.73 Å². The second-order valence-corrected chi connectivity index (χ2v) is 37.9. The third-order valence-corrected chi connectivity index (χ3v) is 27.4. The number of carbonyl (C=O) groups is 13. The fourth-order valence-corrected chi connectivity index (χ4v) is 20.1. The lowest BCUT2D eigenvalue weighted by molar-refractivity contribution is -0.133. The van der Waals surface area contributed by atoms with Gasteiger partial charge in [0, 0.05) is 119 Å². The van der Waals surface area contributed by atoms with Crippen molar-refractivity contribution in [3.05, 3.63) is 243 Å². The molecule has 1 aliphatic heterocycles. The number of rotatable bonds is 33. The van der Waals surface area contributed by atoms with Gasteiger partial charge in [0.1, 0.15) is 22.9 Å². The number of fused-ring (bicyclic) bond motifs is 5. The van der Waals surface area contributed by atoms with E-state index in [2.05, 4.69) is 129 Å². The summed E-state index contributed by atoms with van der Waals surface area (Å²) in [5.74, 6) is -4.12. The Hall–Kier alpha value is -14.5. The number of ether oxygens (including phenoxy) is 3. The van der Waals surface area contributed by atoms with Crippen LogP contribution in [-0.2, 0) is 94.4 Å². The van der Waals surface area contributed by atoms with E-state index in [4.69, 9.17) is 37.9 Å². The fourth-order valence-electron chi connectivity index (χ4n) is 19.8. The first kappa shape index (κ1) is 103. The smallest absolute Gasteiger partial charge is 0.273 e. The Bertz CT molecular complexity index is 6070. The van der Waals surface area contributed by atoms with Gasteiger partial charge in [-0.1, -0.05) is 161 Å². The quantitative estimate of drug-likeness (QED) is 0.00789. The minimum absolute atomic E-state index is 0.00352. The van der Waals surface area contributed by atoms with E-state index in [0.29, 0.717) is 74.9 Å². The summed E-state index contributed by atoms with van der Waals surface area (Å²) in [6.45, 7) is 0.775. The van der Waals surface area contributed by atoms with Crippen molar-refractivity contribution in [3.63, 3.8) is 0 Å². The van der Waals surface area contributed by atoms with E-state index < -0.39 is 59.0 Å². The number of nitrogens with two attached hydrogens (primary N) is 2. The van der Waals surface area contributed by atoms with E-state index in [0.717, 1.165) is 94.8 Å². The van der Waals surface area contributed by atoms with Crippen LogP contribution in [0.1, 0.15) is 255 Å². The Morgan fingerprint density at radius 2 is 0.846 bits per heavy atom. The summed E-state index contributed by atoms with van der Waals surface area (Å²) in [5, 5.41) is 30.1. The van der Waals surface area contributed by atoms with Crippen molar-refractivity contribution < 1.29 is 76.5 Å². The predicted octanol–water partition coefficient (Wildman–Crippen LogP) is 9.09. The summed E-state index contributed by atoms with van der Waals surface area (Å²) in [6, 6.07) is 36.6. The van der Waals surface area contributed by atoms with Gasteiger partial charge in [-0.05, 0) is 178 Å². The Morgan fingerprint density at radius 3 is 1.33 bits per heavy atom. The van der Waals surface area contributed by atoms with Gasteiger partial charge in [-0.3, -0.25) is 67.2 Å². The topological polar surface area (TPSA) is 528 Å². The molecule has 1 atom stereocenters. The molecule has 143 heavy (non-hydrogen) atoms. The Balaban J connectivity index is 0.000000166. The van der Waals surface area contributed by atoms with Crippen LogP contribution in [0.15, 0.2) is 165 Å². The van der Waals surface area contributed by atoms with E-state index >= 15 is 0 Å². The molecule has 38 heteroatoms. The number of aromatic nitrogens is 8. The molecule has 0 saturated heterocycles. The van der Waals surface area contributed by atoms with Crippen LogP contribution >= 0.6 is 12.2 Å². The molecular formula is C105H121N21O16S. The maximum Gasteiger partial charge on any atom is 0.273 e. The highest BCUT2D eigenvalue weighted by molar-refractivity contribution is 7.80. The second kappa shape index (κ2) is 49.8. The number of nitrogens with one attached hydrogen (secondary N) is 10. The van der Waals surface area contributed by atoms with Crippen molar-refractivity contribution in [3.8, 4) is 5.75 Å². The van der Waals surface area contributed by atoms with Crippen LogP contribution < -0.4 is 69.4 Å². The minimum Gasteiger partial charge on any atom is -0.483 e. The van der Waals surface area contributed by atoms with Crippen LogP contribution in [0.25, 0.3) is 0 Å². The number of anilines is 4. The van der Waals surface area contributed by atoms with E-state index in [-0.39, 0.29) is 187 Å². The van der Waals surface area contributed by atoms with Crippen LogP contribution in [0.5, 0.6) is 5.75 Å². The lowest BCUT2D eigenvalue weighted by Crippen LogP contribution is -2.58. The van der Waals surface area contributed by atoms with Crippen molar-refractivity contribution >= 4 is 117 Å². The number of nitrogens with zero attached hydrogens (tertiary/aromatic N) is 9. The molecular weight excluding hydrogens is 1840 g/mol. The molecule has 9 aliphatic rings. The number of hydrogen-bond donors (Lipinski definition) is 12. The molecule has 4 fully saturated rings. The summed E-state index contributed by atoms with van der Waals surface area (Å²) in [4.78, 5) is 200. The van der Waals surface area contributed by atoms with Crippen molar-refractivity contribution in [2.45, 2.75) is 246 Å². The third-order valence-electron chi connectivity index (χ3n) is 27.1. The standard InChI is InChI=1S/C49H57N7O12.C21H25N5O2.C21H25N5OS.C14H14N4O/c57-34(12-8-23-66-25-26-67-24-22-50-41(61)30-68-39-14-7-13-36-42(39)47(64)56(46(36)63)37-17-16-35(58)29-38(37)59)11-6-15-40(60)55-49(18-4-1-5-19-49)48(65)54-44-43(51-20-21-52-44)45(62)53-33-27-31-9-2-3-10-32(31)28-33;22-21(8-4-1-5-9-21)20(28)26-18-17(23-10-11-24-18)19(27)25-16-12-14-6-2-3-7-15(14)13-16;27-20(24-17-12-14-6-4-5-7-15(14)13-17)18-19(23-11-10-22-18)26-21(28)25-16-8-2-1-3-9-16;15-13-12(16-5-6-17-13)14(19)18-11-7-9-3-1-2-4-10(9)8-11/h2-3,7,9-10,13-14,20-21,33,37H,1,4-6,8,11-12,15-19,22-30H2,(H,50,61)(H,53,62)(H,55,60)(H,52,54,65);2-3,6-7,10-11,16H,1,4-5,8-9,12-13,22H2,(H,25,27)(H,24,26,28);4-7,10-11,16-17H,1-3,8-9,12-13H2,(H,24,27)(H2,23,25,26,28);1-6,11H,7-8H2,(H2,15,17)(H,18,19). The number of Topliss-reactive ketones (excluding diaryl/α,β-unsaturated/α-hetero) is 3. The zero-order chi connectivity index (χ0) is 100. The monoisotopic (exact) mass is 1960 g/mol. The van der Waals surface area contributed by atoms with Gasteiger partial charge in [-0.2, -0.15) is 0 Å². The molecule has 37 nitrogen and oxygen atoms in total. The fraction of sp³-hybridized carbons (Fsp3) is 0.429. The minimum atomic E-state index is -1.19. The first-order chi connectivity index (χ1) is 69.4. The zero-order valence-corrected chi connectivity index (χ0v) is 80.7. The molecule has 1 unspecified atom stereocenters. The van der Waals surface area contributed by atoms with Gasteiger partial charge >= 0.3 is 0 Å². The van der Waals surface area contributed by atoms with E-state index in [1.807, 2.05) is 60.7 Å². The van der Waals surface area contributed by atoms with Gasteiger partial charge in [-0.15, -0.1) is 0 Å². The van der Waals surface area contributed by atoms with Gasteiger partial charge < -0.3 is 78.8 Å². The number of thiocarbonyl (C=S) groups is 1. The van der Waals surface area contributed by atoms with E-state index in [1.54, 1.807) is 6.20 Å². The van der Waals surface area contributed by atoms with E-state index in [1.165, 1.54) is 125 Å². The number of carbonyl (C=O) groups excluding carboxylic acids is 13. The summed E-state index contributed by atoms with van der Waals surface area (Å²) in [7, 11) is 0. The molecule has 0 spiro atoms. The molecule has 10 amide bonds. The summed E-state index contributed by atoms with van der Waals surface area (Å²) < 4.78 is 16.7. The number of amides is 10. The van der Waals surface area contributed by atoms with Crippen molar-refractivity contribution in [1.29, 1.82) is 0 Å². The number of imide groups is 1. The van der Waals surface area contributed by atoms with Crippen LogP contribution in [0, 0.1) is 0 Å². The van der Waals surface area contributed by atoms with Gasteiger partial charge in [0.15, 0.2) is 63.5 Å². The molecule has 5 heterocycles. The van der Waals surface area contributed by atoms with Crippen LogP contribution in [0.3, 0.4) is 0 Å². The molecule has 748 valence electrons. The molecule has 5 aromatic carbocycles. The van der Waals surface area contributed by atoms with Gasteiger partial charge in [0.05, 0.1) is 48.9 Å². The highest BCUT2D eigenvalue weighted by Gasteiger charge is 2.47. The zero-order valence-electron chi connectivity index (χ0n) is 79.8. The maximum atomic E-state index is 13.9. The van der Waals surface area contributed by atoms with Gasteiger partial charge in [0.2, 0.25) is 11.8 Å². The van der Waals surface area contributed by atoms with Crippen LogP contribution in [0.4, 0.5) is 23.3 Å². The summed E-state index contributed by atoms with van der Waals surface area (Å²) in [6.07, 6.45) is 32.8.